The highest BCUT2D eigenvalue weighted by Crippen LogP contribution is 2.28. The van der Waals surface area contributed by atoms with Crippen LogP contribution < -0.4 is 5.32 Å². The average molecular weight is 347 g/mol. The Hall–Kier alpha value is -3.09. The van der Waals surface area contributed by atoms with Crippen molar-refractivity contribution in [3.8, 4) is 17.2 Å². The largest absolute Gasteiger partial charge is 0.322 e. The molecule has 4 heteroatoms. The van der Waals surface area contributed by atoms with Crippen molar-refractivity contribution in [2.24, 2.45) is 0 Å². The van der Waals surface area contributed by atoms with Crippen LogP contribution in [0, 0.1) is 18.3 Å². The van der Waals surface area contributed by atoms with E-state index in [-0.39, 0.29) is 5.91 Å². The topological polar surface area (TPSA) is 52.9 Å². The predicted octanol–water partition coefficient (Wildman–Crippen LogP) is 5.44. The van der Waals surface area contributed by atoms with Crippen LogP contribution in [0.5, 0.6) is 0 Å². The van der Waals surface area contributed by atoms with E-state index in [9.17, 15) is 10.1 Å². The van der Waals surface area contributed by atoms with Crippen LogP contribution in [0.15, 0.2) is 66.7 Å². The minimum atomic E-state index is -0.242. The molecule has 0 atom stereocenters. The van der Waals surface area contributed by atoms with E-state index in [0.29, 0.717) is 21.8 Å². The molecule has 0 unspecified atom stereocenters. The summed E-state index contributed by atoms with van der Waals surface area (Å²) < 4.78 is 0. The second kappa shape index (κ2) is 7.21. The first-order chi connectivity index (χ1) is 12.1. The fraction of sp³-hybridized carbons (Fsp3) is 0.0476. The number of nitrogens with zero attached hydrogens (tertiary/aromatic N) is 1. The summed E-state index contributed by atoms with van der Waals surface area (Å²) in [5.41, 5.74) is 4.08. The minimum absolute atomic E-state index is 0.242. The lowest BCUT2D eigenvalue weighted by Crippen LogP contribution is -2.14. The molecule has 0 aromatic heterocycles. The summed E-state index contributed by atoms with van der Waals surface area (Å²) in [6, 6.07) is 22.0. The summed E-state index contributed by atoms with van der Waals surface area (Å²) in [5.74, 6) is -0.242. The molecule has 0 fully saturated rings. The van der Waals surface area contributed by atoms with Crippen molar-refractivity contribution in [2.45, 2.75) is 6.92 Å². The van der Waals surface area contributed by atoms with Gasteiger partial charge in [0.05, 0.1) is 11.6 Å². The second-order valence-corrected chi connectivity index (χ2v) is 6.05. The average Bonchev–Trinajstić information content (AvgIpc) is 2.64. The molecule has 0 aliphatic rings. The van der Waals surface area contributed by atoms with Crippen LogP contribution in [0.4, 0.5) is 5.69 Å². The van der Waals surface area contributed by atoms with Crippen molar-refractivity contribution in [1.29, 1.82) is 5.26 Å². The number of carbonyl (C=O) groups is 1. The quantitative estimate of drug-likeness (QED) is 0.686. The lowest BCUT2D eigenvalue weighted by atomic mass is 9.95. The fourth-order valence-electron chi connectivity index (χ4n) is 2.65. The van der Waals surface area contributed by atoms with Crippen LogP contribution in [0.1, 0.15) is 21.5 Å². The van der Waals surface area contributed by atoms with Crippen molar-refractivity contribution >= 4 is 23.2 Å². The van der Waals surface area contributed by atoms with Gasteiger partial charge in [-0.05, 0) is 42.3 Å². The van der Waals surface area contributed by atoms with E-state index in [1.54, 1.807) is 36.4 Å². The normalized spacial score (nSPS) is 10.1. The Morgan fingerprint density at radius 1 is 1.00 bits per heavy atom. The van der Waals surface area contributed by atoms with Gasteiger partial charge in [0.15, 0.2) is 0 Å². The zero-order chi connectivity index (χ0) is 17.8. The van der Waals surface area contributed by atoms with Gasteiger partial charge in [-0.2, -0.15) is 5.26 Å². The van der Waals surface area contributed by atoms with Crippen LogP contribution >= 0.6 is 11.6 Å². The molecule has 0 spiro atoms. The Balaban J connectivity index is 2.03. The predicted molar refractivity (Wildman–Crippen MR) is 101 cm³/mol. The van der Waals surface area contributed by atoms with Crippen molar-refractivity contribution in [3.63, 3.8) is 0 Å². The third-order valence-corrected chi connectivity index (χ3v) is 4.19. The Labute approximate surface area is 151 Å². The van der Waals surface area contributed by atoms with Gasteiger partial charge in [0, 0.05) is 21.8 Å². The van der Waals surface area contributed by atoms with Crippen LogP contribution in [-0.4, -0.2) is 5.91 Å². The number of aryl methyl sites for hydroxylation is 1. The molecule has 0 saturated heterocycles. The SMILES string of the molecule is Cc1ccc(Cl)cc1NC(=O)c1ccccc1-c1ccccc1C#N. The molecule has 1 amide bonds. The molecule has 122 valence electrons. The first-order valence-electron chi connectivity index (χ1n) is 7.76. The third-order valence-electron chi connectivity index (χ3n) is 3.96. The molecule has 1 N–H and O–H groups in total. The molecule has 3 aromatic rings. The molecule has 3 aromatic carbocycles. The molecule has 0 saturated carbocycles. The Bertz CT molecular complexity index is 989. The lowest BCUT2D eigenvalue weighted by Gasteiger charge is -2.13. The van der Waals surface area contributed by atoms with Gasteiger partial charge >= 0.3 is 0 Å². The van der Waals surface area contributed by atoms with E-state index in [0.717, 1.165) is 16.7 Å². The molecule has 0 aliphatic carbocycles. The van der Waals surface area contributed by atoms with Gasteiger partial charge in [-0.25, -0.2) is 0 Å². The first kappa shape index (κ1) is 16.8. The van der Waals surface area contributed by atoms with E-state index in [4.69, 9.17) is 11.6 Å². The molecule has 0 aliphatic heterocycles. The Kier molecular flexibility index (Phi) is 4.83. The number of halogens is 1. The van der Waals surface area contributed by atoms with E-state index in [1.807, 2.05) is 37.3 Å². The highest BCUT2D eigenvalue weighted by Gasteiger charge is 2.15. The number of nitrogens with one attached hydrogen (secondary N) is 1. The number of carbonyl (C=O) groups excluding carboxylic acids is 1. The third kappa shape index (κ3) is 3.55. The number of amides is 1. The molecule has 25 heavy (non-hydrogen) atoms. The number of benzene rings is 3. The van der Waals surface area contributed by atoms with Gasteiger partial charge < -0.3 is 5.32 Å². The van der Waals surface area contributed by atoms with Gasteiger partial charge in [-0.15, -0.1) is 0 Å². The highest BCUT2D eigenvalue weighted by molar-refractivity contribution is 6.31. The van der Waals surface area contributed by atoms with Gasteiger partial charge in [-0.3, -0.25) is 4.79 Å². The van der Waals surface area contributed by atoms with Crippen LogP contribution in [0.3, 0.4) is 0 Å². The van der Waals surface area contributed by atoms with E-state index in [2.05, 4.69) is 11.4 Å². The van der Waals surface area contributed by atoms with Crippen LogP contribution in [0.2, 0.25) is 5.02 Å². The monoisotopic (exact) mass is 346 g/mol. The lowest BCUT2D eigenvalue weighted by molar-refractivity contribution is 0.102. The van der Waals surface area contributed by atoms with Crippen molar-refractivity contribution < 1.29 is 4.79 Å². The molecule has 3 rings (SSSR count). The molecule has 3 nitrogen and oxygen atoms in total. The van der Waals surface area contributed by atoms with Gasteiger partial charge in [0.25, 0.3) is 5.91 Å². The number of nitriles is 1. The summed E-state index contributed by atoms with van der Waals surface area (Å²) in [6.45, 7) is 1.91. The zero-order valence-corrected chi connectivity index (χ0v) is 14.3. The number of hydrogen-bond donors (Lipinski definition) is 1. The van der Waals surface area contributed by atoms with Gasteiger partial charge in [-0.1, -0.05) is 54.1 Å². The Morgan fingerprint density at radius 3 is 2.44 bits per heavy atom. The maximum absolute atomic E-state index is 12.8. The van der Waals surface area contributed by atoms with Gasteiger partial charge in [0.2, 0.25) is 0 Å². The molecule has 0 heterocycles. The van der Waals surface area contributed by atoms with Crippen LogP contribution in [0.25, 0.3) is 11.1 Å². The van der Waals surface area contributed by atoms with E-state index < -0.39 is 0 Å². The van der Waals surface area contributed by atoms with Crippen molar-refractivity contribution in [3.05, 3.63) is 88.4 Å². The summed E-state index contributed by atoms with van der Waals surface area (Å²) in [4.78, 5) is 12.8. The van der Waals surface area contributed by atoms with Crippen molar-refractivity contribution in [2.75, 3.05) is 5.32 Å². The van der Waals surface area contributed by atoms with Gasteiger partial charge in [0.1, 0.15) is 0 Å². The molecular formula is C21H15ClN2O. The first-order valence-corrected chi connectivity index (χ1v) is 8.14. The number of rotatable bonds is 3. The highest BCUT2D eigenvalue weighted by atomic mass is 35.5. The summed E-state index contributed by atoms with van der Waals surface area (Å²) in [6.07, 6.45) is 0. The maximum Gasteiger partial charge on any atom is 0.256 e. The minimum Gasteiger partial charge on any atom is -0.322 e. The fourth-order valence-corrected chi connectivity index (χ4v) is 2.82. The smallest absolute Gasteiger partial charge is 0.256 e. The van der Waals surface area contributed by atoms with E-state index >= 15 is 0 Å². The molecule has 0 radical (unpaired) electrons. The zero-order valence-electron chi connectivity index (χ0n) is 13.6. The summed E-state index contributed by atoms with van der Waals surface area (Å²) in [5, 5.41) is 12.8. The van der Waals surface area contributed by atoms with Crippen LogP contribution in [-0.2, 0) is 0 Å². The molecular weight excluding hydrogens is 332 g/mol. The number of anilines is 1. The maximum atomic E-state index is 12.8. The Morgan fingerprint density at radius 2 is 1.68 bits per heavy atom. The second-order valence-electron chi connectivity index (χ2n) is 5.62. The standard InChI is InChI=1S/C21H15ClN2O/c1-14-10-11-16(22)12-20(14)24-21(25)19-9-5-4-8-18(19)17-7-3-2-6-15(17)13-23/h2-12H,1H3,(H,24,25). The van der Waals surface area contributed by atoms with E-state index in [1.165, 1.54) is 0 Å². The van der Waals surface area contributed by atoms with Crippen molar-refractivity contribution in [1.82, 2.24) is 0 Å². The summed E-state index contributed by atoms with van der Waals surface area (Å²) >= 11 is 6.03. The summed E-state index contributed by atoms with van der Waals surface area (Å²) in [7, 11) is 0. The molecule has 0 bridgehead atoms. The number of hydrogen-bond acceptors (Lipinski definition) is 2.